The number of anilines is 1. The van der Waals surface area contributed by atoms with Gasteiger partial charge in [-0.3, -0.25) is 0 Å². The minimum Gasteiger partial charge on any atom is -0.467 e. The van der Waals surface area contributed by atoms with Crippen LogP contribution in [0.4, 0.5) is 5.82 Å². The number of furan rings is 1. The number of nitrogens with zero attached hydrogens (tertiary/aromatic N) is 2. The molecule has 17 heavy (non-hydrogen) atoms. The van der Waals surface area contributed by atoms with Gasteiger partial charge in [0.1, 0.15) is 11.6 Å². The van der Waals surface area contributed by atoms with E-state index in [1.54, 1.807) is 6.26 Å². The summed E-state index contributed by atoms with van der Waals surface area (Å²) in [6.45, 7) is 0.785. The molecule has 0 aliphatic heterocycles. The Morgan fingerprint density at radius 1 is 1.35 bits per heavy atom. The predicted octanol–water partition coefficient (Wildman–Crippen LogP) is 3.61. The van der Waals surface area contributed by atoms with Gasteiger partial charge in [0.05, 0.1) is 17.3 Å². The molecule has 1 aliphatic carbocycles. The molecule has 0 N–H and O–H groups in total. The largest absolute Gasteiger partial charge is 0.467 e. The van der Waals surface area contributed by atoms with Crippen molar-refractivity contribution >= 4 is 21.7 Å². The molecule has 1 saturated carbocycles. The Labute approximate surface area is 109 Å². The molecule has 1 fully saturated rings. The first-order chi connectivity index (χ1) is 8.34. The van der Waals surface area contributed by atoms with Crippen LogP contribution in [0.25, 0.3) is 0 Å². The van der Waals surface area contributed by atoms with Crippen LogP contribution in [0.5, 0.6) is 0 Å². The summed E-state index contributed by atoms with van der Waals surface area (Å²) in [4.78, 5) is 6.77. The first-order valence-electron chi connectivity index (χ1n) is 5.74. The molecule has 0 spiro atoms. The van der Waals surface area contributed by atoms with E-state index in [4.69, 9.17) is 4.42 Å². The van der Waals surface area contributed by atoms with Gasteiger partial charge in [0.25, 0.3) is 0 Å². The minimum absolute atomic E-state index is 0.603. The maximum Gasteiger partial charge on any atom is 0.143 e. The quantitative estimate of drug-likeness (QED) is 0.862. The molecule has 1 aliphatic rings. The molecular formula is C13H13BrN2O. The molecule has 3 rings (SSSR count). The molecule has 2 heterocycles. The smallest absolute Gasteiger partial charge is 0.143 e. The number of halogens is 1. The normalized spacial score (nSPS) is 14.9. The van der Waals surface area contributed by atoms with Crippen molar-refractivity contribution in [2.24, 2.45) is 0 Å². The van der Waals surface area contributed by atoms with Gasteiger partial charge in [-0.25, -0.2) is 4.98 Å². The summed E-state index contributed by atoms with van der Waals surface area (Å²) in [6.07, 6.45) is 6.03. The molecule has 2 aromatic heterocycles. The van der Waals surface area contributed by atoms with Crippen molar-refractivity contribution in [3.05, 3.63) is 47.0 Å². The van der Waals surface area contributed by atoms with E-state index in [1.807, 2.05) is 30.5 Å². The van der Waals surface area contributed by atoms with Crippen LogP contribution in [0.1, 0.15) is 18.6 Å². The predicted molar refractivity (Wildman–Crippen MR) is 69.9 cm³/mol. The third-order valence-electron chi connectivity index (χ3n) is 2.91. The van der Waals surface area contributed by atoms with Crippen molar-refractivity contribution in [2.45, 2.75) is 25.4 Å². The fraction of sp³-hybridized carbons (Fsp3) is 0.308. The Bertz CT molecular complexity index is 494. The molecule has 88 valence electrons. The molecule has 0 radical (unpaired) electrons. The molecule has 4 heteroatoms. The van der Waals surface area contributed by atoms with E-state index in [-0.39, 0.29) is 0 Å². The van der Waals surface area contributed by atoms with E-state index in [9.17, 15) is 0 Å². The van der Waals surface area contributed by atoms with Crippen LogP contribution < -0.4 is 4.90 Å². The number of hydrogen-bond acceptors (Lipinski definition) is 3. The summed E-state index contributed by atoms with van der Waals surface area (Å²) in [5.74, 6) is 1.99. The van der Waals surface area contributed by atoms with Gasteiger partial charge in [-0.1, -0.05) is 0 Å². The third kappa shape index (κ3) is 2.36. The lowest BCUT2D eigenvalue weighted by Crippen LogP contribution is -2.26. The summed E-state index contributed by atoms with van der Waals surface area (Å²) in [6, 6.07) is 8.50. The first kappa shape index (κ1) is 10.8. The second kappa shape index (κ2) is 4.53. The van der Waals surface area contributed by atoms with Crippen molar-refractivity contribution in [3.63, 3.8) is 0 Å². The van der Waals surface area contributed by atoms with Crippen molar-refractivity contribution in [3.8, 4) is 0 Å². The maximum atomic E-state index is 5.42. The summed E-state index contributed by atoms with van der Waals surface area (Å²) >= 11 is 3.56. The Morgan fingerprint density at radius 3 is 2.88 bits per heavy atom. The van der Waals surface area contributed by atoms with Gasteiger partial charge in [-0.2, -0.15) is 0 Å². The van der Waals surface area contributed by atoms with Gasteiger partial charge in [-0.05, 0) is 53.0 Å². The van der Waals surface area contributed by atoms with Crippen LogP contribution in [0, 0.1) is 0 Å². The zero-order valence-corrected chi connectivity index (χ0v) is 10.9. The zero-order valence-electron chi connectivity index (χ0n) is 9.34. The maximum absolute atomic E-state index is 5.42. The SMILES string of the molecule is Brc1cccnc1N(Cc1ccco1)C1CC1. The highest BCUT2D eigenvalue weighted by Crippen LogP contribution is 2.35. The standard InChI is InChI=1S/C13H13BrN2O/c14-12-4-1-7-15-13(12)16(10-5-6-10)9-11-3-2-8-17-11/h1-4,7-8,10H,5-6,9H2. The van der Waals surface area contributed by atoms with Gasteiger partial charge in [0, 0.05) is 12.2 Å². The highest BCUT2D eigenvalue weighted by Gasteiger charge is 2.31. The molecule has 0 unspecified atom stereocenters. The van der Waals surface area contributed by atoms with E-state index in [2.05, 4.69) is 25.8 Å². The number of aromatic nitrogens is 1. The van der Waals surface area contributed by atoms with Crippen LogP contribution in [-0.4, -0.2) is 11.0 Å². The molecule has 0 bridgehead atoms. The summed E-state index contributed by atoms with van der Waals surface area (Å²) in [5, 5.41) is 0. The summed E-state index contributed by atoms with van der Waals surface area (Å²) < 4.78 is 6.46. The molecule has 0 amide bonds. The van der Waals surface area contributed by atoms with Gasteiger partial charge < -0.3 is 9.32 Å². The Hall–Kier alpha value is -1.29. The summed E-state index contributed by atoms with van der Waals surface area (Å²) in [7, 11) is 0. The van der Waals surface area contributed by atoms with E-state index in [0.717, 1.165) is 22.6 Å². The van der Waals surface area contributed by atoms with Crippen molar-refractivity contribution in [2.75, 3.05) is 4.90 Å². The van der Waals surface area contributed by atoms with Gasteiger partial charge in [0.15, 0.2) is 0 Å². The number of pyridine rings is 1. The molecule has 0 saturated heterocycles. The Balaban J connectivity index is 1.88. The first-order valence-corrected chi connectivity index (χ1v) is 6.53. The van der Waals surface area contributed by atoms with Gasteiger partial charge in [0.2, 0.25) is 0 Å². The molecule has 2 aromatic rings. The third-order valence-corrected chi connectivity index (χ3v) is 3.52. The van der Waals surface area contributed by atoms with E-state index >= 15 is 0 Å². The monoisotopic (exact) mass is 292 g/mol. The van der Waals surface area contributed by atoms with Crippen LogP contribution in [0.3, 0.4) is 0 Å². The summed E-state index contributed by atoms with van der Waals surface area (Å²) in [5.41, 5.74) is 0. The van der Waals surface area contributed by atoms with Crippen molar-refractivity contribution < 1.29 is 4.42 Å². The van der Waals surface area contributed by atoms with Crippen LogP contribution >= 0.6 is 15.9 Å². The molecule has 0 aromatic carbocycles. The topological polar surface area (TPSA) is 29.3 Å². The average Bonchev–Trinajstić information content (AvgIpc) is 3.05. The zero-order chi connectivity index (χ0) is 11.7. The number of rotatable bonds is 4. The fourth-order valence-corrected chi connectivity index (χ4v) is 2.41. The van der Waals surface area contributed by atoms with Gasteiger partial charge in [-0.15, -0.1) is 0 Å². The molecule has 3 nitrogen and oxygen atoms in total. The van der Waals surface area contributed by atoms with E-state index < -0.39 is 0 Å². The molecular weight excluding hydrogens is 280 g/mol. The Morgan fingerprint density at radius 2 is 2.24 bits per heavy atom. The van der Waals surface area contributed by atoms with Crippen LogP contribution in [0.15, 0.2) is 45.6 Å². The van der Waals surface area contributed by atoms with Crippen molar-refractivity contribution in [1.29, 1.82) is 0 Å². The minimum atomic E-state index is 0.603. The van der Waals surface area contributed by atoms with Crippen LogP contribution in [0.2, 0.25) is 0 Å². The lowest BCUT2D eigenvalue weighted by Gasteiger charge is -2.23. The second-order valence-corrected chi connectivity index (χ2v) is 5.10. The Kier molecular flexibility index (Phi) is 2.89. The molecule has 0 atom stereocenters. The number of hydrogen-bond donors (Lipinski definition) is 0. The fourth-order valence-electron chi connectivity index (χ4n) is 1.92. The van der Waals surface area contributed by atoms with Crippen LogP contribution in [-0.2, 0) is 6.54 Å². The lowest BCUT2D eigenvalue weighted by atomic mass is 10.3. The highest BCUT2D eigenvalue weighted by atomic mass is 79.9. The van der Waals surface area contributed by atoms with E-state index in [0.29, 0.717) is 6.04 Å². The van der Waals surface area contributed by atoms with Crippen molar-refractivity contribution in [1.82, 2.24) is 4.98 Å². The van der Waals surface area contributed by atoms with E-state index in [1.165, 1.54) is 12.8 Å². The second-order valence-electron chi connectivity index (χ2n) is 4.25. The average molecular weight is 293 g/mol. The highest BCUT2D eigenvalue weighted by molar-refractivity contribution is 9.10. The van der Waals surface area contributed by atoms with Gasteiger partial charge >= 0.3 is 0 Å². The lowest BCUT2D eigenvalue weighted by molar-refractivity contribution is 0.500.